The van der Waals surface area contributed by atoms with Crippen LogP contribution in [0.2, 0.25) is 5.02 Å². The molecule has 9 heteroatoms. The predicted octanol–water partition coefficient (Wildman–Crippen LogP) is 4.28. The van der Waals surface area contributed by atoms with Crippen LogP contribution in [-0.2, 0) is 28.4 Å². The topological polar surface area (TPSA) is 77.3 Å². The molecule has 0 saturated heterocycles. The maximum Gasteiger partial charge on any atom is 0.264 e. The van der Waals surface area contributed by atoms with Gasteiger partial charge in [0.15, 0.2) is 11.6 Å². The van der Waals surface area contributed by atoms with E-state index in [0.717, 1.165) is 6.42 Å². The third kappa shape index (κ3) is 4.50. The molecule has 30 heavy (non-hydrogen) atoms. The third-order valence-electron chi connectivity index (χ3n) is 4.75. The number of aromatic nitrogens is 3. The van der Waals surface area contributed by atoms with Crippen LogP contribution >= 0.6 is 11.6 Å². The standard InChI is InChI=1S/C21H25ClN4O3S/c1-4-5-13-26(30(27,28)17-9-7-6-8-10-17)19-12-11-16(22)14-18(19)21-24-23-20(15-29-3)25(21)2/h6-12,14H,4-5,13,15H2,1-3H3. The summed E-state index contributed by atoms with van der Waals surface area (Å²) in [6.45, 7) is 2.65. The summed E-state index contributed by atoms with van der Waals surface area (Å²) in [5.74, 6) is 1.15. The van der Waals surface area contributed by atoms with E-state index in [9.17, 15) is 8.42 Å². The van der Waals surface area contributed by atoms with Crippen molar-refractivity contribution in [2.75, 3.05) is 18.0 Å². The Bertz CT molecular complexity index is 1100. The first kappa shape index (κ1) is 22.3. The molecule has 1 aromatic heterocycles. The fraction of sp³-hybridized carbons (Fsp3) is 0.333. The second kappa shape index (κ2) is 9.59. The van der Waals surface area contributed by atoms with Crippen molar-refractivity contribution >= 4 is 27.3 Å². The number of nitrogens with zero attached hydrogens (tertiary/aromatic N) is 4. The Morgan fingerprint density at radius 3 is 2.53 bits per heavy atom. The fourth-order valence-corrected chi connectivity index (χ4v) is 4.86. The highest BCUT2D eigenvalue weighted by Crippen LogP contribution is 2.35. The molecule has 3 rings (SSSR count). The number of anilines is 1. The van der Waals surface area contributed by atoms with Crippen molar-refractivity contribution in [1.29, 1.82) is 0 Å². The SMILES string of the molecule is CCCCN(c1ccc(Cl)cc1-c1nnc(COC)n1C)S(=O)(=O)c1ccccc1. The molecule has 3 aromatic rings. The lowest BCUT2D eigenvalue weighted by Gasteiger charge is -2.26. The highest BCUT2D eigenvalue weighted by molar-refractivity contribution is 7.92. The molecule has 0 aliphatic carbocycles. The first-order valence-electron chi connectivity index (χ1n) is 9.65. The van der Waals surface area contributed by atoms with E-state index in [0.29, 0.717) is 47.5 Å². The minimum Gasteiger partial charge on any atom is -0.377 e. The van der Waals surface area contributed by atoms with Gasteiger partial charge in [-0.15, -0.1) is 10.2 Å². The smallest absolute Gasteiger partial charge is 0.264 e. The number of hydrogen-bond acceptors (Lipinski definition) is 5. The Labute approximate surface area is 182 Å². The van der Waals surface area contributed by atoms with E-state index in [4.69, 9.17) is 16.3 Å². The van der Waals surface area contributed by atoms with Gasteiger partial charge in [0.05, 0.1) is 10.6 Å². The zero-order valence-corrected chi connectivity index (χ0v) is 18.8. The van der Waals surface area contributed by atoms with Gasteiger partial charge in [-0.25, -0.2) is 8.42 Å². The Morgan fingerprint density at radius 2 is 1.87 bits per heavy atom. The minimum absolute atomic E-state index is 0.236. The second-order valence-electron chi connectivity index (χ2n) is 6.84. The summed E-state index contributed by atoms with van der Waals surface area (Å²) in [5.41, 5.74) is 1.10. The molecule has 0 radical (unpaired) electrons. The quantitative estimate of drug-likeness (QED) is 0.488. The molecule has 160 valence electrons. The normalized spacial score (nSPS) is 11.6. The van der Waals surface area contributed by atoms with Crippen LogP contribution in [0, 0.1) is 0 Å². The van der Waals surface area contributed by atoms with Crippen molar-refractivity contribution in [3.63, 3.8) is 0 Å². The molecule has 0 aliphatic heterocycles. The number of halogens is 1. The van der Waals surface area contributed by atoms with Gasteiger partial charge >= 0.3 is 0 Å². The Balaban J connectivity index is 2.18. The van der Waals surface area contributed by atoms with Crippen LogP contribution in [0.3, 0.4) is 0 Å². The van der Waals surface area contributed by atoms with Crippen molar-refractivity contribution in [3.05, 3.63) is 59.4 Å². The van der Waals surface area contributed by atoms with E-state index < -0.39 is 10.0 Å². The first-order valence-corrected chi connectivity index (χ1v) is 11.5. The highest BCUT2D eigenvalue weighted by atomic mass is 35.5. The maximum absolute atomic E-state index is 13.5. The van der Waals surface area contributed by atoms with Crippen LogP contribution in [0.15, 0.2) is 53.4 Å². The van der Waals surface area contributed by atoms with Crippen molar-refractivity contribution < 1.29 is 13.2 Å². The number of benzene rings is 2. The lowest BCUT2D eigenvalue weighted by atomic mass is 10.1. The highest BCUT2D eigenvalue weighted by Gasteiger charge is 2.28. The van der Waals surface area contributed by atoms with Crippen molar-refractivity contribution in [3.8, 4) is 11.4 Å². The van der Waals surface area contributed by atoms with Gasteiger partial charge in [0, 0.05) is 31.3 Å². The molecule has 0 amide bonds. The summed E-state index contributed by atoms with van der Waals surface area (Å²) in [6.07, 6.45) is 1.56. The van der Waals surface area contributed by atoms with Crippen LogP contribution < -0.4 is 4.31 Å². The monoisotopic (exact) mass is 448 g/mol. The number of unbranched alkanes of at least 4 members (excludes halogenated alkanes) is 1. The number of ether oxygens (including phenoxy) is 1. The van der Waals surface area contributed by atoms with E-state index in [1.54, 1.807) is 60.2 Å². The van der Waals surface area contributed by atoms with Crippen molar-refractivity contribution in [2.45, 2.75) is 31.3 Å². The predicted molar refractivity (Wildman–Crippen MR) is 118 cm³/mol. The molecule has 0 unspecified atom stereocenters. The maximum atomic E-state index is 13.5. The third-order valence-corrected chi connectivity index (χ3v) is 6.82. The fourth-order valence-electron chi connectivity index (χ4n) is 3.15. The zero-order valence-electron chi connectivity index (χ0n) is 17.2. The van der Waals surface area contributed by atoms with Gasteiger partial charge in [-0.05, 0) is 36.8 Å². The van der Waals surface area contributed by atoms with Gasteiger partial charge in [-0.1, -0.05) is 43.1 Å². The number of methoxy groups -OCH3 is 1. The number of hydrogen-bond donors (Lipinski definition) is 0. The minimum atomic E-state index is -3.78. The van der Waals surface area contributed by atoms with E-state index in [1.807, 2.05) is 14.0 Å². The van der Waals surface area contributed by atoms with Crippen molar-refractivity contribution in [2.24, 2.45) is 7.05 Å². The van der Waals surface area contributed by atoms with Gasteiger partial charge in [0.1, 0.15) is 6.61 Å². The molecule has 0 saturated carbocycles. The molecule has 7 nitrogen and oxygen atoms in total. The summed E-state index contributed by atoms with van der Waals surface area (Å²) in [4.78, 5) is 0.236. The van der Waals surface area contributed by atoms with E-state index in [-0.39, 0.29) is 4.90 Å². The largest absolute Gasteiger partial charge is 0.377 e. The summed E-state index contributed by atoms with van der Waals surface area (Å²) < 4.78 is 35.4. The first-order chi connectivity index (χ1) is 14.4. The summed E-state index contributed by atoms with van der Waals surface area (Å²) in [6, 6.07) is 13.5. The average Bonchev–Trinajstić information content (AvgIpc) is 3.10. The van der Waals surface area contributed by atoms with E-state index in [2.05, 4.69) is 10.2 Å². The molecule has 0 bridgehead atoms. The summed E-state index contributed by atoms with van der Waals surface area (Å²) >= 11 is 6.28. The van der Waals surface area contributed by atoms with Crippen molar-refractivity contribution in [1.82, 2.24) is 14.8 Å². The molecule has 0 fully saturated rings. The molecule has 0 N–H and O–H groups in total. The molecule has 0 atom stereocenters. The Morgan fingerprint density at radius 1 is 1.13 bits per heavy atom. The molecule has 0 spiro atoms. The van der Waals surface area contributed by atoms with Gasteiger partial charge in [-0.2, -0.15) is 0 Å². The Kier molecular flexibility index (Phi) is 7.12. The van der Waals surface area contributed by atoms with Crippen LogP contribution in [0.25, 0.3) is 11.4 Å². The lowest BCUT2D eigenvalue weighted by molar-refractivity contribution is 0.175. The molecule has 2 aromatic carbocycles. The van der Waals surface area contributed by atoms with Gasteiger partial charge in [0.25, 0.3) is 10.0 Å². The average molecular weight is 449 g/mol. The van der Waals surface area contributed by atoms with E-state index >= 15 is 0 Å². The van der Waals surface area contributed by atoms with Gasteiger partial charge < -0.3 is 9.30 Å². The van der Waals surface area contributed by atoms with Crippen LogP contribution in [0.1, 0.15) is 25.6 Å². The zero-order chi connectivity index (χ0) is 21.7. The lowest BCUT2D eigenvalue weighted by Crippen LogP contribution is -2.32. The molecule has 0 aliphatic rings. The van der Waals surface area contributed by atoms with Gasteiger partial charge in [0.2, 0.25) is 0 Å². The molecule has 1 heterocycles. The van der Waals surface area contributed by atoms with Gasteiger partial charge in [-0.3, -0.25) is 4.31 Å². The summed E-state index contributed by atoms with van der Waals surface area (Å²) in [7, 11) is -0.381. The number of rotatable bonds is 9. The number of sulfonamides is 1. The second-order valence-corrected chi connectivity index (χ2v) is 9.14. The van der Waals surface area contributed by atoms with Crippen LogP contribution in [0.4, 0.5) is 5.69 Å². The van der Waals surface area contributed by atoms with E-state index in [1.165, 1.54) is 4.31 Å². The molecular formula is C21H25ClN4O3S. The Hall–Kier alpha value is -2.42. The van der Waals surface area contributed by atoms with Crippen LogP contribution in [0.5, 0.6) is 0 Å². The molecular weight excluding hydrogens is 424 g/mol. The summed E-state index contributed by atoms with van der Waals surface area (Å²) in [5, 5.41) is 8.93. The van der Waals surface area contributed by atoms with Crippen LogP contribution in [-0.4, -0.2) is 36.8 Å².